The van der Waals surface area contributed by atoms with Gasteiger partial charge in [0, 0.05) is 14.2 Å². The topological polar surface area (TPSA) is 18.5 Å². The lowest BCUT2D eigenvalue weighted by Gasteiger charge is -1.95. The summed E-state index contributed by atoms with van der Waals surface area (Å²) >= 11 is 4.65. The Morgan fingerprint density at radius 1 is 1.43 bits per heavy atom. The van der Waals surface area contributed by atoms with Crippen molar-refractivity contribution in [3.63, 3.8) is 0 Å². The van der Waals surface area contributed by atoms with E-state index in [1.165, 1.54) is 0 Å². The van der Waals surface area contributed by atoms with E-state index in [0.717, 1.165) is 0 Å². The third kappa shape index (κ3) is 3.06. The molecule has 0 bridgehead atoms. The normalized spacial score (nSPS) is 10.7. The van der Waals surface area contributed by atoms with Crippen molar-refractivity contribution in [1.82, 2.24) is 0 Å². The molecule has 0 fully saturated rings. The molecule has 0 heterocycles. The van der Waals surface area contributed by atoms with Crippen LogP contribution >= 0.6 is 7.36 Å². The molecule has 0 aromatic carbocycles. The van der Waals surface area contributed by atoms with Crippen LogP contribution in [0.15, 0.2) is 0 Å². The zero-order valence-electron chi connectivity index (χ0n) is 4.30. The fourth-order valence-corrected chi connectivity index (χ4v) is 0.962. The average Bonchev–Trinajstić information content (AvgIpc) is 1.72. The van der Waals surface area contributed by atoms with Crippen LogP contribution in [0.5, 0.6) is 0 Å². The predicted molar refractivity (Wildman–Crippen MR) is 33.5 cm³/mol. The van der Waals surface area contributed by atoms with E-state index in [1.54, 1.807) is 14.2 Å². The molecule has 0 aromatic heterocycles. The number of ether oxygens (including phenoxy) is 2. The summed E-state index contributed by atoms with van der Waals surface area (Å²) in [6.07, 6.45) is 0. The minimum absolute atomic E-state index is 0.171. The van der Waals surface area contributed by atoms with Gasteiger partial charge in [-0.15, -0.1) is 0 Å². The fraction of sp³-hybridized carbons (Fsp3) is 1.00. The standard InChI is InChI=1S/C3H7O2PS/c1-4-3(5-2)6-7/h3H,1-2H3/p+1. The Bertz CT molecular complexity index is 54.9. The van der Waals surface area contributed by atoms with Crippen molar-refractivity contribution in [3.8, 4) is 0 Å². The first-order valence-corrected chi connectivity index (χ1v) is 3.99. The second kappa shape index (κ2) is 4.60. The lowest BCUT2D eigenvalue weighted by atomic mass is 11.3. The molecule has 0 saturated carbocycles. The first-order valence-electron chi connectivity index (χ1n) is 1.78. The van der Waals surface area contributed by atoms with Crippen LogP contribution in [0.1, 0.15) is 0 Å². The molecule has 2 nitrogen and oxygen atoms in total. The Kier molecular flexibility index (Phi) is 4.88. The molecule has 7 heavy (non-hydrogen) atoms. The molecule has 0 aliphatic carbocycles. The van der Waals surface area contributed by atoms with Gasteiger partial charge in [0.2, 0.25) is 7.36 Å². The van der Waals surface area contributed by atoms with Gasteiger partial charge in [0.1, 0.15) is 0 Å². The van der Waals surface area contributed by atoms with Crippen LogP contribution in [0.4, 0.5) is 0 Å². The molecule has 0 N–H and O–H groups in total. The third-order valence-electron chi connectivity index (χ3n) is 0.524. The Balaban J connectivity index is 3.16. The average molecular weight is 139 g/mol. The van der Waals surface area contributed by atoms with Gasteiger partial charge in [-0.05, 0) is 0 Å². The Hall–Kier alpha value is 0.440. The summed E-state index contributed by atoms with van der Waals surface area (Å²) in [6, 6.07) is -0.171. The first-order chi connectivity index (χ1) is 3.35. The van der Waals surface area contributed by atoms with E-state index in [9.17, 15) is 0 Å². The Labute approximate surface area is 49.6 Å². The monoisotopic (exact) mass is 139 g/mol. The zero-order valence-corrected chi connectivity index (χ0v) is 6.12. The highest BCUT2D eigenvalue weighted by molar-refractivity contribution is 7.96. The second-order valence-electron chi connectivity index (χ2n) is 0.921. The summed E-state index contributed by atoms with van der Waals surface area (Å²) in [6.45, 7) is 0. The van der Waals surface area contributed by atoms with E-state index >= 15 is 0 Å². The Morgan fingerprint density at radius 2 is 1.86 bits per heavy atom. The molecular formula is C3H8O2PS+. The molecule has 0 aliphatic heterocycles. The molecule has 1 atom stereocenters. The smallest absolute Gasteiger partial charge is 0.318 e. The molecule has 0 aromatic rings. The summed E-state index contributed by atoms with van der Waals surface area (Å²) in [7, 11) is 3.44. The number of methoxy groups -OCH3 is 2. The van der Waals surface area contributed by atoms with Crippen LogP contribution in [-0.2, 0) is 21.3 Å². The fourth-order valence-electron chi connectivity index (χ4n) is 0.192. The molecule has 0 rings (SSSR count). The summed E-state index contributed by atoms with van der Waals surface area (Å²) in [5, 5.41) is 0. The van der Waals surface area contributed by atoms with E-state index in [0.29, 0.717) is 0 Å². The highest BCUT2D eigenvalue weighted by atomic mass is 32.4. The largest absolute Gasteiger partial charge is 0.334 e. The quantitative estimate of drug-likeness (QED) is 0.423. The van der Waals surface area contributed by atoms with Crippen LogP contribution in [0.3, 0.4) is 0 Å². The van der Waals surface area contributed by atoms with Gasteiger partial charge in [-0.25, -0.2) is 0 Å². The molecule has 0 saturated heterocycles. The highest BCUT2D eigenvalue weighted by Crippen LogP contribution is 2.05. The summed E-state index contributed by atoms with van der Waals surface area (Å²) in [5.74, 6) is 0. The van der Waals surface area contributed by atoms with Crippen LogP contribution < -0.4 is 0 Å². The summed E-state index contributed by atoms with van der Waals surface area (Å²) in [4.78, 5) is 0. The highest BCUT2D eigenvalue weighted by Gasteiger charge is 2.05. The maximum absolute atomic E-state index is 4.73. The van der Waals surface area contributed by atoms with Gasteiger partial charge in [0.05, 0.1) is 0 Å². The van der Waals surface area contributed by atoms with Crippen molar-refractivity contribution in [2.75, 3.05) is 14.2 Å². The molecular weight excluding hydrogens is 131 g/mol. The second-order valence-corrected chi connectivity index (χ2v) is 2.34. The molecule has 0 radical (unpaired) electrons. The van der Waals surface area contributed by atoms with E-state index in [-0.39, 0.29) is 13.4 Å². The lowest BCUT2D eigenvalue weighted by molar-refractivity contribution is -0.0355. The number of hydrogen-bond acceptors (Lipinski definition) is 3. The molecule has 42 valence electrons. The maximum Gasteiger partial charge on any atom is 0.334 e. The van der Waals surface area contributed by atoms with Gasteiger partial charge in [-0.1, -0.05) is 0 Å². The van der Waals surface area contributed by atoms with Crippen LogP contribution in [0.2, 0.25) is 0 Å². The van der Waals surface area contributed by atoms with Gasteiger partial charge in [0.25, 0.3) is 0 Å². The Morgan fingerprint density at radius 3 is 1.86 bits per heavy atom. The number of hydrogen-bond donors (Lipinski definition) is 0. The van der Waals surface area contributed by atoms with E-state index in [4.69, 9.17) is 9.47 Å². The van der Waals surface area contributed by atoms with Crippen molar-refractivity contribution in [1.29, 1.82) is 0 Å². The molecule has 1 unspecified atom stereocenters. The van der Waals surface area contributed by atoms with Gasteiger partial charge in [-0.2, -0.15) is 0 Å². The van der Waals surface area contributed by atoms with Crippen LogP contribution in [-0.4, -0.2) is 20.3 Å². The van der Waals surface area contributed by atoms with E-state index in [2.05, 4.69) is 11.8 Å². The van der Waals surface area contributed by atoms with Crippen molar-refractivity contribution >= 4 is 19.2 Å². The van der Waals surface area contributed by atoms with E-state index in [1.807, 2.05) is 0 Å². The zero-order chi connectivity index (χ0) is 5.70. The summed E-state index contributed by atoms with van der Waals surface area (Å²) in [5.41, 5.74) is 0. The van der Waals surface area contributed by atoms with Gasteiger partial charge < -0.3 is 9.47 Å². The van der Waals surface area contributed by atoms with E-state index < -0.39 is 0 Å². The first kappa shape index (κ1) is 7.44. The van der Waals surface area contributed by atoms with Gasteiger partial charge in [-0.3, -0.25) is 0 Å². The van der Waals surface area contributed by atoms with Crippen LogP contribution in [0, 0.1) is 0 Å². The minimum atomic E-state index is -0.171. The maximum atomic E-state index is 4.73. The van der Waals surface area contributed by atoms with Crippen molar-refractivity contribution in [2.45, 2.75) is 6.03 Å². The van der Waals surface area contributed by atoms with Crippen molar-refractivity contribution in [3.05, 3.63) is 0 Å². The molecule has 4 heteroatoms. The molecule has 0 spiro atoms. The minimum Gasteiger partial charge on any atom is -0.318 e. The molecule has 0 amide bonds. The van der Waals surface area contributed by atoms with Crippen molar-refractivity contribution < 1.29 is 9.47 Å². The van der Waals surface area contributed by atoms with Crippen LogP contribution in [0.25, 0.3) is 0 Å². The predicted octanol–water partition coefficient (Wildman–Crippen LogP) is 0.703. The van der Waals surface area contributed by atoms with Crippen molar-refractivity contribution in [2.24, 2.45) is 0 Å². The lowest BCUT2D eigenvalue weighted by Crippen LogP contribution is -2.02. The van der Waals surface area contributed by atoms with Gasteiger partial charge in [0.15, 0.2) is 11.8 Å². The van der Waals surface area contributed by atoms with Gasteiger partial charge >= 0.3 is 6.03 Å². The third-order valence-corrected chi connectivity index (χ3v) is 1.77. The SMILES string of the molecule is COC(OC)[PH+]=S. The summed E-state index contributed by atoms with van der Waals surface area (Å²) < 4.78 is 9.47. The number of rotatable bonds is 3. The molecule has 0 aliphatic rings.